The molecule has 0 unspecified atom stereocenters. The number of thiophene rings is 1. The summed E-state index contributed by atoms with van der Waals surface area (Å²) < 4.78 is 4.98. The van der Waals surface area contributed by atoms with E-state index in [4.69, 9.17) is 15.0 Å². The van der Waals surface area contributed by atoms with E-state index in [1.54, 1.807) is 0 Å². The van der Waals surface area contributed by atoms with Gasteiger partial charge in [-0.2, -0.15) is 0 Å². The molecule has 3 aromatic heterocycles. The molecular weight excluding hydrogens is 845 g/mol. The van der Waals surface area contributed by atoms with E-state index >= 15 is 0 Å². The molecule has 3 heterocycles. The highest BCUT2D eigenvalue weighted by atomic mass is 32.1. The summed E-state index contributed by atoms with van der Waals surface area (Å²) in [7, 11) is 0. The van der Waals surface area contributed by atoms with Crippen LogP contribution in [0, 0.1) is 0 Å². The van der Waals surface area contributed by atoms with Crippen LogP contribution >= 0.6 is 11.3 Å². The first-order valence-electron chi connectivity index (χ1n) is 22.9. The summed E-state index contributed by atoms with van der Waals surface area (Å²) in [4.78, 5) is 16.1. The third kappa shape index (κ3) is 6.88. The van der Waals surface area contributed by atoms with Crippen LogP contribution in [0.15, 0.2) is 243 Å². The van der Waals surface area contributed by atoms with E-state index in [2.05, 4.69) is 229 Å². The SMILES string of the molecule is c1ccc(-c2ccc(-c3nc(-c4ccccc4)nc(-c4cccc(-c5cccc6c5sc5ccccc56)c4)n3)c(-n3c4ccc(-c5ccccc5)cc4c4c(-c5ccccc5)cccc43)c2)cc1. The molecular formula is C63H40N4S. The van der Waals surface area contributed by atoms with Crippen LogP contribution in [0.5, 0.6) is 0 Å². The monoisotopic (exact) mass is 884 g/mol. The minimum atomic E-state index is 0.593. The van der Waals surface area contributed by atoms with Crippen LogP contribution in [0.2, 0.25) is 0 Å². The van der Waals surface area contributed by atoms with Crippen LogP contribution in [0.3, 0.4) is 0 Å². The molecule has 10 aromatic carbocycles. The molecule has 318 valence electrons. The summed E-state index contributed by atoms with van der Waals surface area (Å²) in [5.41, 5.74) is 15.1. The van der Waals surface area contributed by atoms with E-state index in [0.29, 0.717) is 17.5 Å². The van der Waals surface area contributed by atoms with Gasteiger partial charge in [0.15, 0.2) is 17.5 Å². The smallest absolute Gasteiger partial charge is 0.166 e. The molecule has 0 amide bonds. The van der Waals surface area contributed by atoms with Crippen molar-refractivity contribution in [3.05, 3.63) is 243 Å². The fourth-order valence-corrected chi connectivity index (χ4v) is 11.1. The molecule has 0 fully saturated rings. The first-order valence-corrected chi connectivity index (χ1v) is 23.7. The summed E-state index contributed by atoms with van der Waals surface area (Å²) in [5, 5.41) is 4.91. The summed E-state index contributed by atoms with van der Waals surface area (Å²) in [6, 6.07) is 86.4. The van der Waals surface area contributed by atoms with Gasteiger partial charge in [-0.05, 0) is 87.0 Å². The molecule has 4 nitrogen and oxygen atoms in total. The lowest BCUT2D eigenvalue weighted by atomic mass is 9.97. The summed E-state index contributed by atoms with van der Waals surface area (Å²) in [5.74, 6) is 1.82. The van der Waals surface area contributed by atoms with Gasteiger partial charge in [-0.15, -0.1) is 11.3 Å². The minimum Gasteiger partial charge on any atom is -0.308 e. The molecule has 0 saturated carbocycles. The maximum absolute atomic E-state index is 5.45. The number of hydrogen-bond donors (Lipinski definition) is 0. The van der Waals surface area contributed by atoms with Gasteiger partial charge in [0.25, 0.3) is 0 Å². The number of benzene rings is 10. The summed E-state index contributed by atoms with van der Waals surface area (Å²) >= 11 is 1.84. The van der Waals surface area contributed by atoms with Crippen LogP contribution < -0.4 is 0 Å². The van der Waals surface area contributed by atoms with Gasteiger partial charge in [-0.3, -0.25) is 0 Å². The molecule has 13 rings (SSSR count). The van der Waals surface area contributed by atoms with E-state index in [1.165, 1.54) is 58.8 Å². The fourth-order valence-electron chi connectivity index (χ4n) is 9.86. The topological polar surface area (TPSA) is 43.6 Å². The van der Waals surface area contributed by atoms with Crippen molar-refractivity contribution >= 4 is 53.3 Å². The molecule has 5 heteroatoms. The Morgan fingerprint density at radius 2 is 0.838 bits per heavy atom. The highest BCUT2D eigenvalue weighted by Crippen LogP contribution is 2.44. The summed E-state index contributed by atoms with van der Waals surface area (Å²) in [6.07, 6.45) is 0. The predicted molar refractivity (Wildman–Crippen MR) is 285 cm³/mol. The lowest BCUT2D eigenvalue weighted by Gasteiger charge is -2.17. The quantitative estimate of drug-likeness (QED) is 0.153. The molecule has 0 spiro atoms. The number of fused-ring (bicyclic) bond motifs is 6. The zero-order valence-corrected chi connectivity index (χ0v) is 37.6. The van der Waals surface area contributed by atoms with Crippen LogP contribution in [0.1, 0.15) is 0 Å². The van der Waals surface area contributed by atoms with Crippen LogP contribution in [-0.2, 0) is 0 Å². The van der Waals surface area contributed by atoms with Gasteiger partial charge in [0, 0.05) is 47.6 Å². The van der Waals surface area contributed by atoms with E-state index < -0.39 is 0 Å². The van der Waals surface area contributed by atoms with Crippen molar-refractivity contribution in [3.63, 3.8) is 0 Å². The lowest BCUT2D eigenvalue weighted by Crippen LogP contribution is -2.04. The number of aromatic nitrogens is 4. The second-order valence-corrected chi connectivity index (χ2v) is 18.2. The predicted octanol–water partition coefficient (Wildman–Crippen LogP) is 17.0. The minimum absolute atomic E-state index is 0.593. The highest BCUT2D eigenvalue weighted by Gasteiger charge is 2.23. The molecule has 0 aliphatic heterocycles. The Labute approximate surface area is 397 Å². The van der Waals surface area contributed by atoms with Crippen LogP contribution in [-0.4, -0.2) is 19.5 Å². The van der Waals surface area contributed by atoms with Crippen molar-refractivity contribution in [1.29, 1.82) is 0 Å². The van der Waals surface area contributed by atoms with Crippen molar-refractivity contribution in [2.45, 2.75) is 0 Å². The third-order valence-electron chi connectivity index (χ3n) is 13.1. The van der Waals surface area contributed by atoms with E-state index in [9.17, 15) is 0 Å². The zero-order valence-electron chi connectivity index (χ0n) is 36.8. The first kappa shape index (κ1) is 39.6. The van der Waals surface area contributed by atoms with E-state index in [0.717, 1.165) is 50.1 Å². The van der Waals surface area contributed by atoms with Gasteiger partial charge in [0.1, 0.15) is 0 Å². The molecule has 0 atom stereocenters. The van der Waals surface area contributed by atoms with Crippen LogP contribution in [0.25, 0.3) is 126 Å². The van der Waals surface area contributed by atoms with Gasteiger partial charge >= 0.3 is 0 Å². The van der Waals surface area contributed by atoms with E-state index in [1.807, 2.05) is 29.5 Å². The molecule has 0 saturated heterocycles. The largest absolute Gasteiger partial charge is 0.308 e. The molecule has 0 N–H and O–H groups in total. The fraction of sp³-hybridized carbons (Fsp3) is 0. The third-order valence-corrected chi connectivity index (χ3v) is 14.3. The Hall–Kier alpha value is -8.77. The zero-order chi connectivity index (χ0) is 45.0. The Bertz CT molecular complexity index is 4010. The Morgan fingerprint density at radius 1 is 0.294 bits per heavy atom. The maximum atomic E-state index is 5.45. The lowest BCUT2D eigenvalue weighted by molar-refractivity contribution is 1.06. The molecule has 13 aromatic rings. The van der Waals surface area contributed by atoms with Crippen molar-refractivity contribution in [2.75, 3.05) is 0 Å². The van der Waals surface area contributed by atoms with Gasteiger partial charge < -0.3 is 4.57 Å². The van der Waals surface area contributed by atoms with Crippen molar-refractivity contribution in [2.24, 2.45) is 0 Å². The molecule has 0 radical (unpaired) electrons. The van der Waals surface area contributed by atoms with Crippen molar-refractivity contribution < 1.29 is 0 Å². The van der Waals surface area contributed by atoms with Gasteiger partial charge in [0.05, 0.1) is 16.7 Å². The Balaban J connectivity index is 1.07. The van der Waals surface area contributed by atoms with Gasteiger partial charge in [-0.1, -0.05) is 200 Å². The normalized spacial score (nSPS) is 11.5. The van der Waals surface area contributed by atoms with Gasteiger partial charge in [0.2, 0.25) is 0 Å². The summed E-state index contributed by atoms with van der Waals surface area (Å²) in [6.45, 7) is 0. The standard InChI is InChI=1S/C63H40N4S/c1-5-18-41(19-6-1)45-35-37-55-54(39-45)59-49(43-22-9-3-10-23-43)29-17-32-56(59)67(55)57-40-46(42-20-7-2-8-21-42)34-36-53(57)63-65-61(44-24-11-4-12-25-44)64-62(66-63)48-27-15-26-47(38-48)50-30-16-31-52-51-28-13-14-33-58(51)68-60(50)52/h1-40H. The number of rotatable bonds is 8. The molecule has 68 heavy (non-hydrogen) atoms. The van der Waals surface area contributed by atoms with Gasteiger partial charge in [-0.25, -0.2) is 15.0 Å². The van der Waals surface area contributed by atoms with Crippen LogP contribution in [0.4, 0.5) is 0 Å². The Kier molecular flexibility index (Phi) is 9.66. The first-order chi connectivity index (χ1) is 33.7. The average Bonchev–Trinajstić information content (AvgIpc) is 3.97. The Morgan fingerprint density at radius 3 is 1.59 bits per heavy atom. The molecule has 0 aliphatic rings. The van der Waals surface area contributed by atoms with E-state index in [-0.39, 0.29) is 0 Å². The average molecular weight is 885 g/mol. The maximum Gasteiger partial charge on any atom is 0.166 e. The second-order valence-electron chi connectivity index (χ2n) is 17.1. The number of hydrogen-bond acceptors (Lipinski definition) is 4. The molecule has 0 bridgehead atoms. The highest BCUT2D eigenvalue weighted by molar-refractivity contribution is 7.26. The molecule has 0 aliphatic carbocycles. The van der Waals surface area contributed by atoms with Crippen molar-refractivity contribution in [3.8, 4) is 84.4 Å². The number of nitrogens with zero attached hydrogens (tertiary/aromatic N) is 4. The second kappa shape index (κ2) is 16.6. The van der Waals surface area contributed by atoms with Crippen molar-refractivity contribution in [1.82, 2.24) is 19.5 Å².